The number of carbonyl (C=O) groups is 1. The van der Waals surface area contributed by atoms with Crippen molar-refractivity contribution in [2.45, 2.75) is 6.54 Å². The maximum Gasteiger partial charge on any atom is 0.255 e. The highest BCUT2D eigenvalue weighted by Gasteiger charge is 2.15. The number of hydrogen-bond acceptors (Lipinski definition) is 6. The van der Waals surface area contributed by atoms with E-state index in [1.165, 1.54) is 0 Å². The number of pyridine rings is 2. The lowest BCUT2D eigenvalue weighted by atomic mass is 10.2. The Morgan fingerprint density at radius 1 is 1.07 bits per heavy atom. The van der Waals surface area contributed by atoms with E-state index in [0.29, 0.717) is 23.0 Å². The Morgan fingerprint density at radius 2 is 1.93 bits per heavy atom. The average Bonchev–Trinajstić information content (AvgIpc) is 3.16. The minimum Gasteiger partial charge on any atom is -0.495 e. The summed E-state index contributed by atoms with van der Waals surface area (Å²) in [5.41, 5.74) is 1.87. The second-order valence-corrected chi connectivity index (χ2v) is 5.95. The van der Waals surface area contributed by atoms with Crippen molar-refractivity contribution in [2.24, 2.45) is 0 Å². The van der Waals surface area contributed by atoms with Crippen LogP contribution < -0.4 is 15.4 Å². The quantitative estimate of drug-likeness (QED) is 0.539. The van der Waals surface area contributed by atoms with Gasteiger partial charge < -0.3 is 15.4 Å². The molecular formula is C20H18N6O2. The van der Waals surface area contributed by atoms with E-state index in [0.717, 1.165) is 11.3 Å². The van der Waals surface area contributed by atoms with Crippen molar-refractivity contribution < 1.29 is 9.53 Å². The minimum absolute atomic E-state index is 0.243. The van der Waals surface area contributed by atoms with Crippen LogP contribution in [0.15, 0.2) is 67.0 Å². The molecule has 0 saturated carbocycles. The van der Waals surface area contributed by atoms with Gasteiger partial charge in [0.1, 0.15) is 11.6 Å². The summed E-state index contributed by atoms with van der Waals surface area (Å²) in [6.07, 6.45) is 3.48. The summed E-state index contributed by atoms with van der Waals surface area (Å²) in [6.45, 7) is 0.243. The molecule has 0 aliphatic heterocycles. The van der Waals surface area contributed by atoms with Crippen LogP contribution in [0.4, 0.5) is 11.5 Å². The number of amides is 1. The van der Waals surface area contributed by atoms with Crippen molar-refractivity contribution in [1.82, 2.24) is 24.9 Å². The van der Waals surface area contributed by atoms with Crippen LogP contribution in [-0.2, 0) is 6.54 Å². The zero-order chi connectivity index (χ0) is 19.3. The number of rotatable bonds is 6. The summed E-state index contributed by atoms with van der Waals surface area (Å²) in [4.78, 5) is 17.1. The van der Waals surface area contributed by atoms with Crippen LogP contribution in [0.3, 0.4) is 0 Å². The maximum absolute atomic E-state index is 12.8. The molecule has 2 N–H and O–H groups in total. The lowest BCUT2D eigenvalue weighted by Gasteiger charge is -2.13. The Labute approximate surface area is 161 Å². The summed E-state index contributed by atoms with van der Waals surface area (Å²) < 4.78 is 7.18. The number of anilines is 2. The molecule has 3 aromatic heterocycles. The molecule has 28 heavy (non-hydrogen) atoms. The zero-order valence-electron chi connectivity index (χ0n) is 15.2. The van der Waals surface area contributed by atoms with Gasteiger partial charge in [0.05, 0.1) is 24.9 Å². The van der Waals surface area contributed by atoms with Gasteiger partial charge in [-0.3, -0.25) is 9.20 Å². The van der Waals surface area contributed by atoms with Gasteiger partial charge in [0.15, 0.2) is 11.5 Å². The predicted octanol–water partition coefficient (Wildman–Crippen LogP) is 2.81. The Hall–Kier alpha value is -3.94. The number of ether oxygens (including phenoxy) is 1. The Kier molecular flexibility index (Phi) is 4.83. The first-order chi connectivity index (χ1) is 13.8. The molecule has 0 saturated heterocycles. The number of hydrogen-bond donors (Lipinski definition) is 2. The minimum atomic E-state index is -0.266. The second-order valence-electron chi connectivity index (χ2n) is 5.95. The van der Waals surface area contributed by atoms with E-state index in [-0.39, 0.29) is 12.5 Å². The van der Waals surface area contributed by atoms with Crippen LogP contribution in [0.2, 0.25) is 0 Å². The van der Waals surface area contributed by atoms with Gasteiger partial charge in [-0.15, -0.1) is 10.2 Å². The molecule has 1 amide bonds. The first-order valence-corrected chi connectivity index (χ1v) is 8.68. The highest BCUT2D eigenvalue weighted by Crippen LogP contribution is 2.27. The molecule has 0 fully saturated rings. The zero-order valence-corrected chi connectivity index (χ0v) is 15.2. The number of carbonyl (C=O) groups excluding carboxylic acids is 1. The molecule has 0 atom stereocenters. The molecule has 3 heterocycles. The number of nitrogens with one attached hydrogen (secondary N) is 2. The van der Waals surface area contributed by atoms with Crippen molar-refractivity contribution in [3.05, 3.63) is 78.4 Å². The second kappa shape index (κ2) is 7.75. The molecular weight excluding hydrogens is 356 g/mol. The van der Waals surface area contributed by atoms with Crippen LogP contribution >= 0.6 is 0 Å². The number of aromatic nitrogens is 4. The van der Waals surface area contributed by atoms with E-state index in [9.17, 15) is 4.79 Å². The number of methoxy groups -OCH3 is 1. The molecule has 140 valence electrons. The normalized spacial score (nSPS) is 10.6. The van der Waals surface area contributed by atoms with Gasteiger partial charge >= 0.3 is 0 Å². The largest absolute Gasteiger partial charge is 0.495 e. The topological polar surface area (TPSA) is 93.4 Å². The molecule has 0 bridgehead atoms. The van der Waals surface area contributed by atoms with E-state index in [1.54, 1.807) is 25.4 Å². The van der Waals surface area contributed by atoms with Gasteiger partial charge in [-0.2, -0.15) is 0 Å². The lowest BCUT2D eigenvalue weighted by Crippen LogP contribution is -2.25. The predicted molar refractivity (Wildman–Crippen MR) is 105 cm³/mol. The number of benzene rings is 1. The number of fused-ring (bicyclic) bond motifs is 1. The van der Waals surface area contributed by atoms with Crippen LogP contribution in [0, 0.1) is 0 Å². The van der Waals surface area contributed by atoms with Crippen molar-refractivity contribution in [1.29, 1.82) is 0 Å². The molecule has 0 spiro atoms. The molecule has 0 radical (unpaired) electrons. The molecule has 4 rings (SSSR count). The van der Waals surface area contributed by atoms with E-state index in [2.05, 4.69) is 25.8 Å². The van der Waals surface area contributed by atoms with Crippen LogP contribution in [0.5, 0.6) is 5.75 Å². The van der Waals surface area contributed by atoms with Crippen molar-refractivity contribution in [2.75, 3.05) is 12.4 Å². The third kappa shape index (κ3) is 3.48. The van der Waals surface area contributed by atoms with Gasteiger partial charge in [-0.25, -0.2) is 4.98 Å². The first kappa shape index (κ1) is 17.5. The van der Waals surface area contributed by atoms with E-state index >= 15 is 0 Å². The Bertz CT molecular complexity index is 1120. The van der Waals surface area contributed by atoms with Gasteiger partial charge in [-0.1, -0.05) is 18.2 Å². The Balaban J connectivity index is 1.53. The summed E-state index contributed by atoms with van der Waals surface area (Å²) in [5, 5.41) is 14.2. The third-order valence-corrected chi connectivity index (χ3v) is 4.20. The average molecular weight is 374 g/mol. The third-order valence-electron chi connectivity index (χ3n) is 4.20. The van der Waals surface area contributed by atoms with Crippen molar-refractivity contribution >= 4 is 23.1 Å². The smallest absolute Gasteiger partial charge is 0.255 e. The lowest BCUT2D eigenvalue weighted by molar-refractivity contribution is 0.0950. The molecule has 8 nitrogen and oxygen atoms in total. The number of nitrogens with zero attached hydrogens (tertiary/aromatic N) is 4. The summed E-state index contributed by atoms with van der Waals surface area (Å²) in [5.74, 6) is 1.48. The van der Waals surface area contributed by atoms with E-state index < -0.39 is 0 Å². The van der Waals surface area contributed by atoms with Gasteiger partial charge in [-0.05, 0) is 36.4 Å². The Morgan fingerprint density at radius 3 is 2.82 bits per heavy atom. The highest BCUT2D eigenvalue weighted by molar-refractivity contribution is 5.99. The van der Waals surface area contributed by atoms with E-state index in [4.69, 9.17) is 4.74 Å². The molecule has 0 aliphatic carbocycles. The fraction of sp³-hybridized carbons (Fsp3) is 0.100. The highest BCUT2D eigenvalue weighted by atomic mass is 16.5. The summed E-state index contributed by atoms with van der Waals surface area (Å²) in [7, 11) is 1.59. The SMILES string of the molecule is COc1ccccc1Nc1ncccc1C(=O)NCc1nnc2ccccn12. The van der Waals surface area contributed by atoms with Gasteiger partial charge in [0, 0.05) is 12.4 Å². The number of para-hydroxylation sites is 2. The van der Waals surface area contributed by atoms with Crippen LogP contribution in [0.25, 0.3) is 5.65 Å². The van der Waals surface area contributed by atoms with Gasteiger partial charge in [0.2, 0.25) is 0 Å². The van der Waals surface area contributed by atoms with Crippen molar-refractivity contribution in [3.8, 4) is 5.75 Å². The fourth-order valence-electron chi connectivity index (χ4n) is 2.83. The molecule has 1 aromatic carbocycles. The molecule has 0 aliphatic rings. The fourth-order valence-corrected chi connectivity index (χ4v) is 2.83. The van der Waals surface area contributed by atoms with Crippen LogP contribution in [0.1, 0.15) is 16.2 Å². The molecule has 8 heteroatoms. The summed E-state index contributed by atoms with van der Waals surface area (Å²) >= 11 is 0. The van der Waals surface area contributed by atoms with E-state index in [1.807, 2.05) is 53.1 Å². The van der Waals surface area contributed by atoms with Gasteiger partial charge in [0.25, 0.3) is 5.91 Å². The standard InChI is InChI=1S/C20H18N6O2/c1-28-16-9-3-2-8-15(16)23-19-14(7-6-11-21-19)20(27)22-13-18-25-24-17-10-4-5-12-26(17)18/h2-12H,13H2,1H3,(H,21,23)(H,22,27). The monoisotopic (exact) mass is 374 g/mol. The summed E-state index contributed by atoms with van der Waals surface area (Å²) in [6, 6.07) is 16.5. The molecule has 4 aromatic rings. The maximum atomic E-state index is 12.8. The van der Waals surface area contributed by atoms with Crippen molar-refractivity contribution in [3.63, 3.8) is 0 Å². The molecule has 0 unspecified atom stereocenters. The first-order valence-electron chi connectivity index (χ1n) is 8.68. The van der Waals surface area contributed by atoms with Crippen LogP contribution in [-0.4, -0.2) is 32.6 Å².